The summed E-state index contributed by atoms with van der Waals surface area (Å²) in [7, 11) is 0. The van der Waals surface area contributed by atoms with Gasteiger partial charge in [-0.2, -0.15) is 0 Å². The molecule has 0 saturated carbocycles. The molecule has 2 amide bonds. The number of hydrogen-bond acceptors (Lipinski definition) is 3. The van der Waals surface area contributed by atoms with Crippen molar-refractivity contribution in [1.29, 1.82) is 0 Å². The van der Waals surface area contributed by atoms with Crippen LogP contribution in [0.25, 0.3) is 0 Å². The lowest BCUT2D eigenvalue weighted by Gasteiger charge is -2.18. The number of benzene rings is 3. The molecule has 6 heteroatoms. The first-order chi connectivity index (χ1) is 15.0. The Bertz CT molecular complexity index is 1110. The summed E-state index contributed by atoms with van der Waals surface area (Å²) in [5.74, 6) is -0.0452. The molecule has 0 spiro atoms. The lowest BCUT2D eigenvalue weighted by atomic mass is 10.1. The first-order valence-electron chi connectivity index (χ1n) is 10.1. The first-order valence-corrected chi connectivity index (χ1v) is 10.1. The van der Waals surface area contributed by atoms with Gasteiger partial charge in [-0.3, -0.25) is 9.59 Å². The summed E-state index contributed by atoms with van der Waals surface area (Å²) in [5.41, 5.74) is 4.39. The van der Waals surface area contributed by atoms with Crippen LogP contribution in [-0.4, -0.2) is 25.0 Å². The van der Waals surface area contributed by atoms with E-state index in [-0.39, 0.29) is 24.2 Å². The van der Waals surface area contributed by atoms with Crippen LogP contribution in [0.4, 0.5) is 10.1 Å². The Morgan fingerprint density at radius 2 is 1.87 bits per heavy atom. The summed E-state index contributed by atoms with van der Waals surface area (Å²) < 4.78 is 18.6. The lowest BCUT2D eigenvalue weighted by Crippen LogP contribution is -2.29. The summed E-state index contributed by atoms with van der Waals surface area (Å²) in [6.07, 6.45) is 0.737. The van der Waals surface area contributed by atoms with Crippen molar-refractivity contribution in [3.8, 4) is 5.75 Å². The fourth-order valence-electron chi connectivity index (χ4n) is 3.63. The zero-order valence-electron chi connectivity index (χ0n) is 17.2. The highest BCUT2D eigenvalue weighted by Gasteiger charge is 2.25. The van der Waals surface area contributed by atoms with Crippen molar-refractivity contribution < 1.29 is 18.7 Å². The molecule has 0 fully saturated rings. The van der Waals surface area contributed by atoms with E-state index >= 15 is 0 Å². The zero-order valence-corrected chi connectivity index (χ0v) is 17.2. The first kappa shape index (κ1) is 20.6. The van der Waals surface area contributed by atoms with Crippen molar-refractivity contribution in [2.75, 3.05) is 18.1 Å². The van der Waals surface area contributed by atoms with Gasteiger partial charge in [0.25, 0.3) is 11.8 Å². The number of halogens is 1. The zero-order chi connectivity index (χ0) is 21.8. The molecule has 3 aromatic rings. The number of fused-ring (bicyclic) bond motifs is 1. The second-order valence-corrected chi connectivity index (χ2v) is 7.56. The van der Waals surface area contributed by atoms with Crippen molar-refractivity contribution >= 4 is 17.5 Å². The molecule has 0 unspecified atom stereocenters. The minimum atomic E-state index is -0.366. The van der Waals surface area contributed by atoms with Gasteiger partial charge < -0.3 is 15.0 Å². The third-order valence-corrected chi connectivity index (χ3v) is 5.22. The average molecular weight is 418 g/mol. The molecule has 0 bridgehead atoms. The Morgan fingerprint density at radius 1 is 1.06 bits per heavy atom. The summed E-state index contributed by atoms with van der Waals surface area (Å²) in [4.78, 5) is 26.6. The van der Waals surface area contributed by atoms with E-state index in [1.54, 1.807) is 4.90 Å². The van der Waals surface area contributed by atoms with Gasteiger partial charge in [-0.15, -0.1) is 0 Å². The van der Waals surface area contributed by atoms with E-state index in [0.717, 1.165) is 28.8 Å². The maximum absolute atomic E-state index is 13.1. The van der Waals surface area contributed by atoms with E-state index in [1.165, 1.54) is 24.3 Å². The Morgan fingerprint density at radius 3 is 2.65 bits per heavy atom. The van der Waals surface area contributed by atoms with Gasteiger partial charge in [-0.05, 0) is 72.5 Å². The van der Waals surface area contributed by atoms with E-state index < -0.39 is 0 Å². The number of anilines is 1. The SMILES string of the molecule is Cc1cccc(OCC(=O)NCc2ccc3c(c2)CCN3C(=O)c2ccc(F)cc2)c1. The fraction of sp³-hybridized carbons (Fsp3) is 0.200. The molecule has 5 nitrogen and oxygen atoms in total. The molecule has 4 rings (SSSR count). The highest BCUT2D eigenvalue weighted by molar-refractivity contribution is 6.07. The number of nitrogens with one attached hydrogen (secondary N) is 1. The third kappa shape index (κ3) is 4.91. The number of ether oxygens (including phenoxy) is 1. The number of carbonyl (C=O) groups excluding carboxylic acids is 2. The molecule has 1 aliphatic heterocycles. The summed E-state index contributed by atoms with van der Waals surface area (Å²) >= 11 is 0. The topological polar surface area (TPSA) is 58.6 Å². The van der Waals surface area contributed by atoms with E-state index in [1.807, 2.05) is 49.4 Å². The van der Waals surface area contributed by atoms with E-state index in [2.05, 4.69) is 5.32 Å². The van der Waals surface area contributed by atoms with Gasteiger partial charge in [0.05, 0.1) is 0 Å². The van der Waals surface area contributed by atoms with Crippen LogP contribution in [0, 0.1) is 12.7 Å². The molecule has 1 N–H and O–H groups in total. The fourth-order valence-corrected chi connectivity index (χ4v) is 3.63. The molecule has 1 aliphatic rings. The molecule has 0 aromatic heterocycles. The number of aryl methyl sites for hydroxylation is 1. The molecule has 0 atom stereocenters. The molecule has 3 aromatic carbocycles. The van der Waals surface area contributed by atoms with Crippen LogP contribution in [0.1, 0.15) is 27.0 Å². The molecule has 0 aliphatic carbocycles. The van der Waals surface area contributed by atoms with Gasteiger partial charge in [0, 0.05) is 24.3 Å². The second-order valence-electron chi connectivity index (χ2n) is 7.56. The second kappa shape index (κ2) is 9.00. The van der Waals surface area contributed by atoms with Crippen molar-refractivity contribution in [1.82, 2.24) is 5.32 Å². The van der Waals surface area contributed by atoms with Crippen LogP contribution in [0.3, 0.4) is 0 Å². The Hall–Kier alpha value is -3.67. The molecule has 158 valence electrons. The highest BCUT2D eigenvalue weighted by atomic mass is 19.1. The molecular weight excluding hydrogens is 395 g/mol. The van der Waals surface area contributed by atoms with Gasteiger partial charge in [-0.1, -0.05) is 24.3 Å². The van der Waals surface area contributed by atoms with Crippen LogP contribution in [-0.2, 0) is 17.8 Å². The summed E-state index contributed by atoms with van der Waals surface area (Å²) in [6, 6.07) is 18.9. The van der Waals surface area contributed by atoms with E-state index in [0.29, 0.717) is 24.4 Å². The smallest absolute Gasteiger partial charge is 0.258 e. The van der Waals surface area contributed by atoms with Crippen molar-refractivity contribution in [3.63, 3.8) is 0 Å². The maximum atomic E-state index is 13.1. The molecule has 31 heavy (non-hydrogen) atoms. The van der Waals surface area contributed by atoms with Crippen molar-refractivity contribution in [3.05, 3.63) is 94.8 Å². The van der Waals surface area contributed by atoms with Crippen LogP contribution in [0.5, 0.6) is 5.75 Å². The lowest BCUT2D eigenvalue weighted by molar-refractivity contribution is -0.123. The van der Waals surface area contributed by atoms with E-state index in [4.69, 9.17) is 4.74 Å². The van der Waals surface area contributed by atoms with Crippen LogP contribution >= 0.6 is 0 Å². The van der Waals surface area contributed by atoms with Gasteiger partial charge >= 0.3 is 0 Å². The average Bonchev–Trinajstić information content (AvgIpc) is 3.19. The van der Waals surface area contributed by atoms with Crippen LogP contribution in [0.2, 0.25) is 0 Å². The van der Waals surface area contributed by atoms with Crippen molar-refractivity contribution in [2.24, 2.45) is 0 Å². The van der Waals surface area contributed by atoms with Gasteiger partial charge in [0.15, 0.2) is 6.61 Å². The van der Waals surface area contributed by atoms with E-state index in [9.17, 15) is 14.0 Å². The Kier molecular flexibility index (Phi) is 5.98. The summed E-state index contributed by atoms with van der Waals surface area (Å²) in [5, 5.41) is 2.86. The molecular formula is C25H23FN2O3. The van der Waals surface area contributed by atoms with Crippen LogP contribution in [0.15, 0.2) is 66.7 Å². The number of amides is 2. The number of carbonyl (C=O) groups is 2. The highest BCUT2D eigenvalue weighted by Crippen LogP contribution is 2.30. The largest absolute Gasteiger partial charge is 0.484 e. The van der Waals surface area contributed by atoms with Gasteiger partial charge in [-0.25, -0.2) is 4.39 Å². The quantitative estimate of drug-likeness (QED) is 0.658. The minimum Gasteiger partial charge on any atom is -0.484 e. The normalized spacial score (nSPS) is 12.4. The van der Waals surface area contributed by atoms with Crippen LogP contribution < -0.4 is 15.0 Å². The number of nitrogens with zero attached hydrogens (tertiary/aromatic N) is 1. The summed E-state index contributed by atoms with van der Waals surface area (Å²) in [6.45, 7) is 2.88. The maximum Gasteiger partial charge on any atom is 0.258 e. The molecule has 0 radical (unpaired) electrons. The van der Waals surface area contributed by atoms with Crippen molar-refractivity contribution in [2.45, 2.75) is 19.9 Å². The standard InChI is InChI=1S/C25H23FN2O3/c1-17-3-2-4-22(13-17)31-16-24(29)27-15-18-5-10-23-20(14-18)11-12-28(23)25(30)19-6-8-21(26)9-7-19/h2-10,13-14H,11-12,15-16H2,1H3,(H,27,29). The number of rotatable bonds is 6. The van der Waals surface area contributed by atoms with Gasteiger partial charge in [0.2, 0.25) is 0 Å². The third-order valence-electron chi connectivity index (χ3n) is 5.22. The minimum absolute atomic E-state index is 0.0473. The molecule has 0 saturated heterocycles. The van der Waals surface area contributed by atoms with Gasteiger partial charge in [0.1, 0.15) is 11.6 Å². The Labute approximate surface area is 180 Å². The molecule has 1 heterocycles. The predicted octanol–water partition coefficient (Wildman–Crippen LogP) is 4.03. The Balaban J connectivity index is 1.34. The predicted molar refractivity (Wildman–Crippen MR) is 117 cm³/mol. The number of hydrogen-bond donors (Lipinski definition) is 1. The monoisotopic (exact) mass is 418 g/mol.